The fourth-order valence-corrected chi connectivity index (χ4v) is 4.29. The Bertz CT molecular complexity index is 681. The van der Waals surface area contributed by atoms with Gasteiger partial charge in [0.2, 0.25) is 5.91 Å². The molecule has 1 aromatic carbocycles. The van der Waals surface area contributed by atoms with Gasteiger partial charge in [0.15, 0.2) is 5.37 Å². The Morgan fingerprint density at radius 3 is 2.28 bits per heavy atom. The van der Waals surface area contributed by atoms with Crippen LogP contribution in [0.2, 0.25) is 0 Å². The molecule has 2 N–H and O–H groups in total. The van der Waals surface area contributed by atoms with Gasteiger partial charge in [-0.15, -0.1) is 0 Å². The molecule has 0 saturated heterocycles. The van der Waals surface area contributed by atoms with Crippen LogP contribution in [0, 0.1) is 11.3 Å². The molecule has 140 valence electrons. The maximum atomic E-state index is 11.8. The van der Waals surface area contributed by atoms with Crippen molar-refractivity contribution in [2.24, 2.45) is 11.3 Å². The Labute approximate surface area is 151 Å². The van der Waals surface area contributed by atoms with Crippen LogP contribution in [0.4, 0.5) is 0 Å². The second-order valence-corrected chi connectivity index (χ2v) is 8.90. The van der Waals surface area contributed by atoms with Gasteiger partial charge < -0.3 is 5.32 Å². The Kier molecular flexibility index (Phi) is 7.38. The van der Waals surface area contributed by atoms with Crippen molar-refractivity contribution < 1.29 is 17.8 Å². The molecule has 1 amide bonds. The van der Waals surface area contributed by atoms with Crippen LogP contribution in [0.1, 0.15) is 52.0 Å². The number of amides is 1. The second kappa shape index (κ2) is 8.63. The molecular formula is C19H29NO4S. The average Bonchev–Trinajstić information content (AvgIpc) is 2.51. The number of rotatable bonds is 9. The summed E-state index contributed by atoms with van der Waals surface area (Å²) in [5.74, 6) is 0.0157. The normalized spacial score (nSPS) is 14.8. The molecule has 0 aromatic heterocycles. The minimum Gasteiger partial charge on any atom is -0.334 e. The fourth-order valence-electron chi connectivity index (χ4n) is 3.10. The zero-order valence-corrected chi connectivity index (χ0v) is 16.2. The molecule has 25 heavy (non-hydrogen) atoms. The molecule has 6 heteroatoms. The fraction of sp³-hybridized carbons (Fsp3) is 0.526. The zero-order chi connectivity index (χ0) is 19.3. The Hall–Kier alpha value is -1.66. The summed E-state index contributed by atoms with van der Waals surface area (Å²) in [5.41, 5.74) is 0.362. The van der Waals surface area contributed by atoms with Crippen LogP contribution in [-0.4, -0.2) is 24.3 Å². The molecular weight excluding hydrogens is 338 g/mol. The van der Waals surface area contributed by atoms with Gasteiger partial charge >= 0.3 is 0 Å². The minimum atomic E-state index is -4.44. The first kappa shape index (κ1) is 21.4. The summed E-state index contributed by atoms with van der Waals surface area (Å²) in [6.07, 6.45) is 2.26. The summed E-state index contributed by atoms with van der Waals surface area (Å²) < 4.78 is 33.1. The van der Waals surface area contributed by atoms with E-state index in [0.717, 1.165) is 12.5 Å². The van der Waals surface area contributed by atoms with Crippen LogP contribution in [0.5, 0.6) is 0 Å². The molecule has 0 bridgehead atoms. The molecule has 0 fully saturated rings. The van der Waals surface area contributed by atoms with Crippen molar-refractivity contribution in [3.63, 3.8) is 0 Å². The highest BCUT2D eigenvalue weighted by Crippen LogP contribution is 2.37. The van der Waals surface area contributed by atoms with E-state index in [1.807, 2.05) is 18.2 Å². The lowest BCUT2D eigenvalue weighted by atomic mass is 9.78. The van der Waals surface area contributed by atoms with Gasteiger partial charge in [0.05, 0.1) is 0 Å². The van der Waals surface area contributed by atoms with Gasteiger partial charge in [-0.25, -0.2) is 0 Å². The van der Waals surface area contributed by atoms with Crippen molar-refractivity contribution in [1.29, 1.82) is 0 Å². The van der Waals surface area contributed by atoms with Gasteiger partial charge in [-0.3, -0.25) is 9.35 Å². The molecule has 0 aliphatic heterocycles. The van der Waals surface area contributed by atoms with Crippen LogP contribution >= 0.6 is 0 Å². The average molecular weight is 368 g/mol. The zero-order valence-electron chi connectivity index (χ0n) is 15.4. The molecule has 0 saturated carbocycles. The van der Waals surface area contributed by atoms with Crippen molar-refractivity contribution >= 4 is 16.0 Å². The van der Waals surface area contributed by atoms with E-state index in [-0.39, 0.29) is 5.92 Å². The predicted molar refractivity (Wildman–Crippen MR) is 101 cm³/mol. The maximum absolute atomic E-state index is 11.8. The predicted octanol–water partition coefficient (Wildman–Crippen LogP) is 3.75. The lowest BCUT2D eigenvalue weighted by Gasteiger charge is -2.34. The number of nitrogens with one attached hydrogen (secondary N) is 1. The topological polar surface area (TPSA) is 83.5 Å². The molecule has 1 rings (SSSR count). The van der Waals surface area contributed by atoms with Crippen molar-refractivity contribution in [1.82, 2.24) is 5.32 Å². The number of benzene rings is 1. The molecule has 0 spiro atoms. The van der Waals surface area contributed by atoms with Crippen molar-refractivity contribution in [2.45, 2.75) is 51.8 Å². The van der Waals surface area contributed by atoms with E-state index in [9.17, 15) is 17.8 Å². The number of carbonyl (C=O) groups excluding carboxylic acids is 1. The highest BCUT2D eigenvalue weighted by Gasteiger charge is 2.40. The molecule has 0 radical (unpaired) electrons. The quantitative estimate of drug-likeness (QED) is 0.514. The van der Waals surface area contributed by atoms with E-state index in [1.165, 1.54) is 5.56 Å². The smallest absolute Gasteiger partial charge is 0.286 e. The van der Waals surface area contributed by atoms with Crippen LogP contribution in [0.15, 0.2) is 43.0 Å². The van der Waals surface area contributed by atoms with Gasteiger partial charge in [0.1, 0.15) is 0 Å². The first-order chi connectivity index (χ1) is 11.5. The summed E-state index contributed by atoms with van der Waals surface area (Å²) in [5, 5.41) is 0.964. The molecule has 0 heterocycles. The molecule has 0 aliphatic carbocycles. The Morgan fingerprint density at radius 2 is 1.84 bits per heavy atom. The standard InChI is InChI=1S/C19H29NO4S/c1-6-17(21)20-18(25(22,23)24)19(4,5)13-12-16(14(2)3)15-10-8-7-9-11-15/h6-11,14,16,18H,1,12-13H2,2-5H3,(H,20,21)(H,22,23,24). The van der Waals surface area contributed by atoms with Crippen LogP contribution < -0.4 is 5.32 Å². The first-order valence-corrected chi connectivity index (χ1v) is 9.93. The molecule has 5 nitrogen and oxygen atoms in total. The van der Waals surface area contributed by atoms with Crippen molar-refractivity contribution in [2.75, 3.05) is 0 Å². The third-order valence-electron chi connectivity index (χ3n) is 4.60. The van der Waals surface area contributed by atoms with E-state index in [1.54, 1.807) is 13.8 Å². The van der Waals surface area contributed by atoms with Gasteiger partial charge in [-0.05, 0) is 36.3 Å². The van der Waals surface area contributed by atoms with Crippen molar-refractivity contribution in [3.8, 4) is 0 Å². The summed E-state index contributed by atoms with van der Waals surface area (Å²) in [4.78, 5) is 11.6. The summed E-state index contributed by atoms with van der Waals surface area (Å²) in [6.45, 7) is 11.1. The largest absolute Gasteiger partial charge is 0.334 e. The van der Waals surface area contributed by atoms with Gasteiger partial charge in [0, 0.05) is 5.41 Å². The third-order valence-corrected chi connectivity index (χ3v) is 5.95. The lowest BCUT2D eigenvalue weighted by molar-refractivity contribution is -0.117. The van der Waals surface area contributed by atoms with Crippen LogP contribution in [-0.2, 0) is 14.9 Å². The molecule has 1 aromatic rings. The van der Waals surface area contributed by atoms with Crippen LogP contribution in [0.25, 0.3) is 0 Å². The van der Waals surface area contributed by atoms with Gasteiger partial charge in [-0.2, -0.15) is 8.42 Å². The maximum Gasteiger partial charge on any atom is 0.286 e. The van der Waals surface area contributed by atoms with Crippen molar-refractivity contribution in [3.05, 3.63) is 48.6 Å². The van der Waals surface area contributed by atoms with E-state index >= 15 is 0 Å². The minimum absolute atomic E-state index is 0.262. The Morgan fingerprint density at radius 1 is 1.28 bits per heavy atom. The summed E-state index contributed by atoms with van der Waals surface area (Å²) in [7, 11) is -4.44. The highest BCUT2D eigenvalue weighted by atomic mass is 32.2. The van der Waals surface area contributed by atoms with Gasteiger partial charge in [0.25, 0.3) is 10.1 Å². The summed E-state index contributed by atoms with van der Waals surface area (Å²) >= 11 is 0. The lowest BCUT2D eigenvalue weighted by Crippen LogP contribution is -2.49. The highest BCUT2D eigenvalue weighted by molar-refractivity contribution is 7.86. The number of carbonyl (C=O) groups is 1. The van der Waals surface area contributed by atoms with Gasteiger partial charge in [-0.1, -0.05) is 64.6 Å². The molecule has 2 unspecified atom stereocenters. The van der Waals surface area contributed by atoms with Crippen LogP contribution in [0.3, 0.4) is 0 Å². The summed E-state index contributed by atoms with van der Waals surface area (Å²) in [6, 6.07) is 10.1. The Balaban J connectivity index is 2.99. The SMILES string of the molecule is C=CC(=O)NC(C(C)(C)CCC(c1ccccc1)C(C)C)S(=O)(=O)O. The van der Waals surface area contributed by atoms with E-state index in [4.69, 9.17) is 0 Å². The molecule has 2 atom stereocenters. The van der Waals surface area contributed by atoms with E-state index < -0.39 is 26.8 Å². The second-order valence-electron chi connectivity index (χ2n) is 7.40. The molecule has 0 aliphatic rings. The van der Waals surface area contributed by atoms with E-state index in [0.29, 0.717) is 12.3 Å². The third kappa shape index (κ3) is 6.29. The number of hydrogen-bond donors (Lipinski definition) is 2. The number of hydrogen-bond acceptors (Lipinski definition) is 3. The first-order valence-electron chi connectivity index (χ1n) is 8.43. The van der Waals surface area contributed by atoms with E-state index in [2.05, 4.69) is 37.9 Å². The monoisotopic (exact) mass is 367 g/mol.